The lowest BCUT2D eigenvalue weighted by atomic mass is 10.4. The van der Waals surface area contributed by atoms with Crippen molar-refractivity contribution in [2.75, 3.05) is 6.54 Å². The second-order valence-corrected chi connectivity index (χ2v) is 2.47. The van der Waals surface area contributed by atoms with E-state index in [1.165, 1.54) is 4.90 Å². The van der Waals surface area contributed by atoms with Crippen LogP contribution in [0.1, 0.15) is 0 Å². The molecule has 0 amide bonds. The van der Waals surface area contributed by atoms with Gasteiger partial charge in [-0.15, -0.1) is 0 Å². The SMILES string of the molecule is N#CC1CN1C(=CC(=O)O)C(=O)O. The molecule has 6 nitrogen and oxygen atoms in total. The van der Waals surface area contributed by atoms with Crippen molar-refractivity contribution in [2.24, 2.45) is 0 Å². The molecule has 0 bridgehead atoms. The van der Waals surface area contributed by atoms with Gasteiger partial charge in [0.2, 0.25) is 0 Å². The summed E-state index contributed by atoms with van der Waals surface area (Å²) in [6.45, 7) is 0.280. The van der Waals surface area contributed by atoms with E-state index in [0.717, 1.165) is 0 Å². The van der Waals surface area contributed by atoms with Crippen LogP contribution in [-0.2, 0) is 9.59 Å². The van der Waals surface area contributed by atoms with Gasteiger partial charge in [0.25, 0.3) is 0 Å². The minimum atomic E-state index is -1.33. The van der Waals surface area contributed by atoms with Gasteiger partial charge in [-0.25, -0.2) is 9.59 Å². The van der Waals surface area contributed by atoms with E-state index in [4.69, 9.17) is 15.5 Å². The fraction of sp³-hybridized carbons (Fsp3) is 0.286. The molecule has 1 unspecified atom stereocenters. The van der Waals surface area contributed by atoms with E-state index in [2.05, 4.69) is 0 Å². The third-order valence-corrected chi connectivity index (χ3v) is 1.55. The molecular weight excluding hydrogens is 176 g/mol. The molecule has 13 heavy (non-hydrogen) atoms. The summed E-state index contributed by atoms with van der Waals surface area (Å²) in [5.74, 6) is -2.67. The Labute approximate surface area is 73.3 Å². The van der Waals surface area contributed by atoms with Crippen molar-refractivity contribution in [3.05, 3.63) is 11.8 Å². The second-order valence-electron chi connectivity index (χ2n) is 2.47. The van der Waals surface area contributed by atoms with E-state index in [-0.39, 0.29) is 12.2 Å². The number of nitrogens with zero attached hydrogens (tertiary/aromatic N) is 2. The van der Waals surface area contributed by atoms with Crippen molar-refractivity contribution < 1.29 is 19.8 Å². The van der Waals surface area contributed by atoms with Crippen molar-refractivity contribution in [3.63, 3.8) is 0 Å². The summed E-state index contributed by atoms with van der Waals surface area (Å²) < 4.78 is 0. The molecule has 0 aromatic carbocycles. The summed E-state index contributed by atoms with van der Waals surface area (Å²) in [6.07, 6.45) is 0.583. The van der Waals surface area contributed by atoms with Crippen LogP contribution < -0.4 is 0 Å². The normalized spacial score (nSPS) is 20.7. The number of rotatable bonds is 3. The molecule has 1 heterocycles. The maximum Gasteiger partial charge on any atom is 0.352 e. The smallest absolute Gasteiger partial charge is 0.352 e. The van der Waals surface area contributed by atoms with Crippen LogP contribution in [0.15, 0.2) is 11.8 Å². The number of carboxylic acids is 2. The van der Waals surface area contributed by atoms with E-state index in [1.54, 1.807) is 0 Å². The first kappa shape index (κ1) is 9.06. The molecule has 0 saturated carbocycles. The number of hydrogen-bond donors (Lipinski definition) is 2. The van der Waals surface area contributed by atoms with Crippen LogP contribution in [-0.4, -0.2) is 39.6 Å². The lowest BCUT2D eigenvalue weighted by Crippen LogP contribution is -2.13. The second kappa shape index (κ2) is 3.15. The van der Waals surface area contributed by atoms with E-state index < -0.39 is 18.0 Å². The predicted octanol–water partition coefficient (Wildman–Crippen LogP) is -0.753. The molecule has 1 aliphatic rings. The van der Waals surface area contributed by atoms with Crippen LogP contribution in [0.4, 0.5) is 0 Å². The van der Waals surface area contributed by atoms with Crippen LogP contribution in [0.25, 0.3) is 0 Å². The molecule has 2 N–H and O–H groups in total. The Morgan fingerprint density at radius 1 is 1.54 bits per heavy atom. The summed E-state index contributed by atoms with van der Waals surface area (Å²) >= 11 is 0. The topological polar surface area (TPSA) is 101 Å². The fourth-order valence-corrected chi connectivity index (χ4v) is 0.900. The minimum Gasteiger partial charge on any atom is -0.478 e. The average Bonchev–Trinajstić information content (AvgIpc) is 2.77. The molecule has 1 saturated heterocycles. The van der Waals surface area contributed by atoms with Gasteiger partial charge in [0.05, 0.1) is 18.7 Å². The molecule has 1 fully saturated rings. The standard InChI is InChI=1S/C7H6N2O4/c8-2-4-3-9(4)5(7(12)13)1-6(10)11/h1,4H,3H2,(H,10,11)(H,12,13). The Morgan fingerprint density at radius 2 is 2.15 bits per heavy atom. The molecule has 0 aromatic rings. The number of carbonyl (C=O) groups is 2. The molecular formula is C7H6N2O4. The van der Waals surface area contributed by atoms with E-state index in [1.807, 2.05) is 6.07 Å². The van der Waals surface area contributed by atoms with Crippen molar-refractivity contribution >= 4 is 11.9 Å². The third-order valence-electron chi connectivity index (χ3n) is 1.55. The Bertz CT molecular complexity index is 328. The van der Waals surface area contributed by atoms with Gasteiger partial charge in [-0.3, -0.25) is 0 Å². The summed E-state index contributed by atoms with van der Waals surface area (Å²) in [7, 11) is 0. The highest BCUT2D eigenvalue weighted by atomic mass is 16.4. The Morgan fingerprint density at radius 3 is 2.46 bits per heavy atom. The van der Waals surface area contributed by atoms with Crippen LogP contribution in [0.2, 0.25) is 0 Å². The maximum atomic E-state index is 10.5. The van der Waals surface area contributed by atoms with E-state index in [0.29, 0.717) is 6.08 Å². The van der Waals surface area contributed by atoms with Gasteiger partial charge in [-0.1, -0.05) is 0 Å². The van der Waals surface area contributed by atoms with Gasteiger partial charge < -0.3 is 15.1 Å². The van der Waals surface area contributed by atoms with Crippen LogP contribution >= 0.6 is 0 Å². The zero-order valence-electron chi connectivity index (χ0n) is 6.47. The average molecular weight is 182 g/mol. The van der Waals surface area contributed by atoms with Gasteiger partial charge in [-0.05, 0) is 0 Å². The highest BCUT2D eigenvalue weighted by Crippen LogP contribution is 2.23. The van der Waals surface area contributed by atoms with Gasteiger partial charge in [-0.2, -0.15) is 5.26 Å². The zero-order valence-corrected chi connectivity index (χ0v) is 6.47. The lowest BCUT2D eigenvalue weighted by Gasteiger charge is -2.01. The summed E-state index contributed by atoms with van der Waals surface area (Å²) in [5, 5.41) is 25.3. The summed E-state index contributed by atoms with van der Waals surface area (Å²) in [6, 6.07) is 1.33. The Hall–Kier alpha value is -2.03. The molecule has 6 heteroatoms. The molecule has 1 aliphatic heterocycles. The predicted molar refractivity (Wildman–Crippen MR) is 39.5 cm³/mol. The van der Waals surface area contributed by atoms with Gasteiger partial charge in [0.1, 0.15) is 11.7 Å². The minimum absolute atomic E-state index is 0.280. The van der Waals surface area contributed by atoms with Crippen LogP contribution in [0.5, 0.6) is 0 Å². The summed E-state index contributed by atoms with van der Waals surface area (Å²) in [4.78, 5) is 21.9. The number of aliphatic carboxylic acids is 2. The zero-order chi connectivity index (χ0) is 10.0. The molecule has 1 rings (SSSR count). The van der Waals surface area contributed by atoms with Crippen LogP contribution in [0.3, 0.4) is 0 Å². The molecule has 1 atom stereocenters. The molecule has 68 valence electrons. The highest BCUT2D eigenvalue weighted by Gasteiger charge is 2.38. The summed E-state index contributed by atoms with van der Waals surface area (Å²) in [5.41, 5.74) is -0.348. The molecule has 0 aliphatic carbocycles. The first-order valence-electron chi connectivity index (χ1n) is 3.40. The van der Waals surface area contributed by atoms with Crippen molar-refractivity contribution in [1.82, 2.24) is 4.90 Å². The van der Waals surface area contributed by atoms with Gasteiger partial charge in [0, 0.05) is 0 Å². The molecule has 0 aromatic heterocycles. The van der Waals surface area contributed by atoms with Crippen LogP contribution in [0, 0.1) is 11.3 Å². The molecule has 0 spiro atoms. The Kier molecular flexibility index (Phi) is 2.19. The van der Waals surface area contributed by atoms with Crippen molar-refractivity contribution in [1.29, 1.82) is 5.26 Å². The van der Waals surface area contributed by atoms with Crippen molar-refractivity contribution in [3.8, 4) is 6.07 Å². The quantitative estimate of drug-likeness (QED) is 0.439. The van der Waals surface area contributed by atoms with Gasteiger partial charge in [0.15, 0.2) is 0 Å². The first-order valence-corrected chi connectivity index (χ1v) is 3.40. The largest absolute Gasteiger partial charge is 0.478 e. The lowest BCUT2D eigenvalue weighted by molar-refractivity contribution is -0.136. The monoisotopic (exact) mass is 182 g/mol. The highest BCUT2D eigenvalue weighted by molar-refractivity contribution is 5.94. The Balaban J connectivity index is 2.78. The third kappa shape index (κ3) is 1.96. The van der Waals surface area contributed by atoms with Gasteiger partial charge >= 0.3 is 11.9 Å². The van der Waals surface area contributed by atoms with E-state index >= 15 is 0 Å². The number of nitriles is 1. The fourth-order valence-electron chi connectivity index (χ4n) is 0.900. The number of carboxylic acid groups (broad SMARTS) is 2. The molecule has 0 radical (unpaired) electrons. The van der Waals surface area contributed by atoms with Crippen molar-refractivity contribution in [2.45, 2.75) is 6.04 Å². The maximum absolute atomic E-state index is 10.5. The first-order chi connectivity index (χ1) is 6.06. The van der Waals surface area contributed by atoms with E-state index in [9.17, 15) is 9.59 Å². The number of hydrogen-bond acceptors (Lipinski definition) is 4.